The van der Waals surface area contributed by atoms with E-state index in [9.17, 15) is 4.79 Å². The summed E-state index contributed by atoms with van der Waals surface area (Å²) < 4.78 is 10.7. The molecule has 1 aromatic carbocycles. The zero-order valence-electron chi connectivity index (χ0n) is 17.2. The van der Waals surface area contributed by atoms with Crippen LogP contribution in [0.3, 0.4) is 0 Å². The Bertz CT molecular complexity index is 789. The summed E-state index contributed by atoms with van der Waals surface area (Å²) in [5.74, 6) is 1.74. The van der Waals surface area contributed by atoms with Crippen molar-refractivity contribution in [3.63, 3.8) is 0 Å². The van der Waals surface area contributed by atoms with Crippen LogP contribution in [0.25, 0.3) is 11.4 Å². The van der Waals surface area contributed by atoms with E-state index in [0.29, 0.717) is 30.7 Å². The molecule has 7 nitrogen and oxygen atoms in total. The lowest BCUT2D eigenvalue weighted by atomic mass is 9.97. The van der Waals surface area contributed by atoms with E-state index in [1.54, 1.807) is 0 Å². The summed E-state index contributed by atoms with van der Waals surface area (Å²) in [5.41, 5.74) is 1.68. The lowest BCUT2D eigenvalue weighted by Crippen LogP contribution is -2.40. The molecule has 1 aliphatic rings. The van der Waals surface area contributed by atoms with Crippen molar-refractivity contribution < 1.29 is 14.1 Å². The van der Waals surface area contributed by atoms with Crippen LogP contribution in [0.15, 0.2) is 28.8 Å². The number of rotatable bonds is 5. The van der Waals surface area contributed by atoms with Crippen LogP contribution in [-0.4, -0.2) is 46.4 Å². The number of hydrogen-bond donors (Lipinski definition) is 1. The number of alkyl carbamates (subject to hydrolysis) is 1. The predicted octanol–water partition coefficient (Wildman–Crippen LogP) is 3.78. The van der Waals surface area contributed by atoms with Crippen LogP contribution >= 0.6 is 0 Å². The molecular formula is C21H30N4O3. The average Bonchev–Trinajstić information content (AvgIpc) is 3.08. The molecule has 1 amide bonds. The summed E-state index contributed by atoms with van der Waals surface area (Å²) >= 11 is 0. The quantitative estimate of drug-likeness (QED) is 0.842. The predicted molar refractivity (Wildman–Crippen MR) is 107 cm³/mol. The molecule has 3 rings (SSSR count). The number of likely N-dealkylation sites (tertiary alicyclic amines) is 1. The van der Waals surface area contributed by atoms with Gasteiger partial charge in [-0.1, -0.05) is 28.9 Å². The third-order valence-electron chi connectivity index (χ3n) is 4.74. The number of aromatic nitrogens is 2. The van der Waals surface area contributed by atoms with Crippen LogP contribution in [0.5, 0.6) is 0 Å². The zero-order chi connectivity index (χ0) is 20.1. The largest absolute Gasteiger partial charge is 0.444 e. The molecule has 0 saturated carbocycles. The number of piperidine rings is 1. The summed E-state index contributed by atoms with van der Waals surface area (Å²) in [5, 5.41) is 6.99. The highest BCUT2D eigenvalue weighted by Gasteiger charge is 2.23. The molecule has 0 radical (unpaired) electrons. The fraction of sp³-hybridized carbons (Fsp3) is 0.571. The van der Waals surface area contributed by atoms with E-state index in [2.05, 4.69) is 26.4 Å². The maximum absolute atomic E-state index is 11.8. The second kappa shape index (κ2) is 8.73. The molecule has 1 N–H and O–H groups in total. The van der Waals surface area contributed by atoms with Crippen LogP contribution in [0.1, 0.15) is 45.1 Å². The van der Waals surface area contributed by atoms with Gasteiger partial charge >= 0.3 is 6.09 Å². The topological polar surface area (TPSA) is 80.5 Å². The molecule has 1 saturated heterocycles. The second-order valence-corrected chi connectivity index (χ2v) is 8.48. The van der Waals surface area contributed by atoms with E-state index in [0.717, 1.165) is 31.5 Å². The van der Waals surface area contributed by atoms with Crippen LogP contribution < -0.4 is 5.32 Å². The SMILES string of the molecule is Cc1cccc(-c2noc(CN3CCC(CNC(=O)OC(C)(C)C)CC3)n2)c1. The number of carbonyl (C=O) groups excluding carboxylic acids is 1. The third kappa shape index (κ3) is 6.05. The van der Waals surface area contributed by atoms with Crippen molar-refractivity contribution in [3.05, 3.63) is 35.7 Å². The van der Waals surface area contributed by atoms with Gasteiger partial charge in [0.25, 0.3) is 0 Å². The number of nitrogens with one attached hydrogen (secondary N) is 1. The lowest BCUT2D eigenvalue weighted by molar-refractivity contribution is 0.0508. The normalized spacial score (nSPS) is 16.1. The summed E-state index contributed by atoms with van der Waals surface area (Å²) in [6.45, 7) is 10.9. The molecular weight excluding hydrogens is 356 g/mol. The zero-order valence-corrected chi connectivity index (χ0v) is 17.2. The van der Waals surface area contributed by atoms with Gasteiger partial charge < -0.3 is 14.6 Å². The highest BCUT2D eigenvalue weighted by molar-refractivity contribution is 5.67. The number of hydrogen-bond acceptors (Lipinski definition) is 6. The number of ether oxygens (including phenoxy) is 1. The lowest BCUT2D eigenvalue weighted by Gasteiger charge is -2.31. The van der Waals surface area contributed by atoms with Crippen molar-refractivity contribution in [2.24, 2.45) is 5.92 Å². The molecule has 0 unspecified atom stereocenters. The maximum atomic E-state index is 11.8. The molecule has 0 aliphatic carbocycles. The Labute approximate surface area is 166 Å². The molecule has 1 aliphatic heterocycles. The fourth-order valence-electron chi connectivity index (χ4n) is 3.30. The molecule has 2 heterocycles. The molecule has 28 heavy (non-hydrogen) atoms. The molecule has 152 valence electrons. The summed E-state index contributed by atoms with van der Waals surface area (Å²) in [6, 6.07) is 8.09. The van der Waals surface area contributed by atoms with Gasteiger partial charge in [-0.15, -0.1) is 0 Å². The molecule has 1 fully saturated rings. The number of carbonyl (C=O) groups is 1. The van der Waals surface area contributed by atoms with Gasteiger partial charge in [0.15, 0.2) is 0 Å². The van der Waals surface area contributed by atoms with Gasteiger partial charge in [0.05, 0.1) is 6.54 Å². The maximum Gasteiger partial charge on any atom is 0.407 e. The van der Waals surface area contributed by atoms with Gasteiger partial charge in [0, 0.05) is 12.1 Å². The van der Waals surface area contributed by atoms with Crippen molar-refractivity contribution in [3.8, 4) is 11.4 Å². The van der Waals surface area contributed by atoms with E-state index in [1.165, 1.54) is 5.56 Å². The van der Waals surface area contributed by atoms with Crippen molar-refractivity contribution in [1.82, 2.24) is 20.4 Å². The first-order valence-corrected chi connectivity index (χ1v) is 9.87. The first-order valence-electron chi connectivity index (χ1n) is 9.87. The van der Waals surface area contributed by atoms with E-state index in [4.69, 9.17) is 9.26 Å². The summed E-state index contributed by atoms with van der Waals surface area (Å²) in [7, 11) is 0. The molecule has 0 bridgehead atoms. The van der Waals surface area contributed by atoms with Gasteiger partial charge in [0.1, 0.15) is 5.60 Å². The van der Waals surface area contributed by atoms with E-state index < -0.39 is 5.60 Å². The Hall–Kier alpha value is -2.41. The van der Waals surface area contributed by atoms with Crippen molar-refractivity contribution in [2.75, 3.05) is 19.6 Å². The molecule has 0 atom stereocenters. The van der Waals surface area contributed by atoms with Crippen molar-refractivity contribution >= 4 is 6.09 Å². The highest BCUT2D eigenvalue weighted by atomic mass is 16.6. The third-order valence-corrected chi connectivity index (χ3v) is 4.74. The van der Waals surface area contributed by atoms with E-state index in [1.807, 2.05) is 45.9 Å². The van der Waals surface area contributed by atoms with Crippen molar-refractivity contribution in [1.29, 1.82) is 0 Å². The Morgan fingerprint density at radius 1 is 1.32 bits per heavy atom. The summed E-state index contributed by atoms with van der Waals surface area (Å²) in [4.78, 5) is 18.6. The van der Waals surface area contributed by atoms with Crippen LogP contribution in [0.2, 0.25) is 0 Å². The molecule has 2 aromatic rings. The standard InChI is InChI=1S/C21H30N4O3/c1-15-6-5-7-17(12-15)19-23-18(28-24-19)14-25-10-8-16(9-11-25)13-22-20(26)27-21(2,3)4/h5-7,12,16H,8-11,13-14H2,1-4H3,(H,22,26). The van der Waals surface area contributed by atoms with Gasteiger partial charge in [-0.25, -0.2) is 4.79 Å². The highest BCUT2D eigenvalue weighted by Crippen LogP contribution is 2.21. The van der Waals surface area contributed by atoms with E-state index >= 15 is 0 Å². The Morgan fingerprint density at radius 2 is 2.07 bits per heavy atom. The van der Waals surface area contributed by atoms with Gasteiger partial charge in [0.2, 0.25) is 11.7 Å². The van der Waals surface area contributed by atoms with Gasteiger partial charge in [-0.3, -0.25) is 4.90 Å². The van der Waals surface area contributed by atoms with Crippen LogP contribution in [-0.2, 0) is 11.3 Å². The smallest absolute Gasteiger partial charge is 0.407 e. The minimum Gasteiger partial charge on any atom is -0.444 e. The Morgan fingerprint density at radius 3 is 2.75 bits per heavy atom. The Kier molecular flexibility index (Phi) is 6.34. The number of amides is 1. The number of aryl methyl sites for hydroxylation is 1. The number of nitrogens with zero attached hydrogens (tertiary/aromatic N) is 3. The molecule has 7 heteroatoms. The van der Waals surface area contributed by atoms with Crippen LogP contribution in [0.4, 0.5) is 4.79 Å². The van der Waals surface area contributed by atoms with Gasteiger partial charge in [-0.05, 0) is 65.6 Å². The monoisotopic (exact) mass is 386 g/mol. The van der Waals surface area contributed by atoms with Gasteiger partial charge in [-0.2, -0.15) is 4.98 Å². The summed E-state index contributed by atoms with van der Waals surface area (Å²) in [6.07, 6.45) is 1.70. The minimum absolute atomic E-state index is 0.343. The first kappa shape index (κ1) is 20.3. The Balaban J connectivity index is 1.43. The van der Waals surface area contributed by atoms with Crippen LogP contribution in [0, 0.1) is 12.8 Å². The first-order chi connectivity index (χ1) is 13.3. The second-order valence-electron chi connectivity index (χ2n) is 8.48. The average molecular weight is 386 g/mol. The molecule has 1 aromatic heterocycles. The molecule has 0 spiro atoms. The van der Waals surface area contributed by atoms with E-state index in [-0.39, 0.29) is 6.09 Å². The fourth-order valence-corrected chi connectivity index (χ4v) is 3.30. The number of benzene rings is 1. The van der Waals surface area contributed by atoms with Crippen molar-refractivity contribution in [2.45, 2.75) is 52.7 Å². The minimum atomic E-state index is -0.463.